The van der Waals surface area contributed by atoms with Gasteiger partial charge in [0.25, 0.3) is 0 Å². The van der Waals surface area contributed by atoms with Crippen molar-refractivity contribution in [2.24, 2.45) is 0 Å². The zero-order valence-corrected chi connectivity index (χ0v) is 10.8. The number of rotatable bonds is 10. The predicted molar refractivity (Wildman–Crippen MR) is 74.3 cm³/mol. The monoisotopic (exact) mass is 218 g/mol. The van der Waals surface area contributed by atoms with E-state index >= 15 is 0 Å². The summed E-state index contributed by atoms with van der Waals surface area (Å²) in [6, 6.07) is 0. The van der Waals surface area contributed by atoms with Crippen LogP contribution in [0.2, 0.25) is 0 Å². The summed E-state index contributed by atoms with van der Waals surface area (Å²) in [6.07, 6.45) is 25.1. The molecule has 0 aromatic heterocycles. The molecule has 0 spiro atoms. The van der Waals surface area contributed by atoms with Gasteiger partial charge in [-0.1, -0.05) is 63.3 Å². The maximum atomic E-state index is 5.14. The Hall–Kier alpha value is -0.960. The lowest BCUT2D eigenvalue weighted by molar-refractivity contribution is 0.611. The van der Waals surface area contributed by atoms with Gasteiger partial charge in [-0.25, -0.2) is 0 Å². The van der Waals surface area contributed by atoms with E-state index in [0.29, 0.717) is 0 Å². The Morgan fingerprint density at radius 2 is 1.56 bits per heavy atom. The fourth-order valence-corrected chi connectivity index (χ4v) is 1.58. The Balaban J connectivity index is 3.13. The van der Waals surface area contributed by atoms with E-state index in [0.717, 1.165) is 12.8 Å². The number of allylic oxidation sites excluding steroid dienone is 4. The molecule has 0 aliphatic carbocycles. The molecule has 16 heavy (non-hydrogen) atoms. The minimum atomic E-state index is 0.755. The molecule has 0 radical (unpaired) electrons. The van der Waals surface area contributed by atoms with Crippen LogP contribution in [0.15, 0.2) is 24.3 Å². The van der Waals surface area contributed by atoms with Crippen LogP contribution in [0, 0.1) is 12.3 Å². The first-order valence-corrected chi connectivity index (χ1v) is 6.65. The highest BCUT2D eigenvalue weighted by Gasteiger charge is 1.87. The molecular formula is C16H26. The largest absolute Gasteiger partial charge is 0.120 e. The van der Waals surface area contributed by atoms with Gasteiger partial charge in [-0.05, 0) is 19.3 Å². The van der Waals surface area contributed by atoms with Crippen LogP contribution >= 0.6 is 0 Å². The van der Waals surface area contributed by atoms with Crippen LogP contribution in [0.1, 0.15) is 64.7 Å². The van der Waals surface area contributed by atoms with Gasteiger partial charge in [-0.2, -0.15) is 0 Å². The Morgan fingerprint density at radius 1 is 0.875 bits per heavy atom. The summed E-state index contributed by atoms with van der Waals surface area (Å²) in [6.45, 7) is 2.26. The van der Waals surface area contributed by atoms with Gasteiger partial charge in [0.2, 0.25) is 0 Å². The first-order chi connectivity index (χ1) is 7.91. The van der Waals surface area contributed by atoms with E-state index in [1.54, 1.807) is 0 Å². The average molecular weight is 218 g/mol. The highest BCUT2D eigenvalue weighted by molar-refractivity contribution is 4.99. The lowest BCUT2D eigenvalue weighted by Crippen LogP contribution is -1.77. The topological polar surface area (TPSA) is 0 Å². The molecule has 0 N–H and O–H groups in total. The van der Waals surface area contributed by atoms with E-state index in [1.165, 1.54) is 44.9 Å². The van der Waals surface area contributed by atoms with Crippen molar-refractivity contribution >= 4 is 0 Å². The van der Waals surface area contributed by atoms with Crippen molar-refractivity contribution in [2.45, 2.75) is 64.7 Å². The number of hydrogen-bond acceptors (Lipinski definition) is 0. The fraction of sp³-hybridized carbons (Fsp3) is 0.625. The molecule has 0 atom stereocenters. The zero-order chi connectivity index (χ0) is 11.9. The van der Waals surface area contributed by atoms with Crippen LogP contribution < -0.4 is 0 Å². The molecule has 0 amide bonds. The summed E-state index contributed by atoms with van der Waals surface area (Å²) in [5, 5.41) is 0. The van der Waals surface area contributed by atoms with Crippen LogP contribution in [-0.2, 0) is 0 Å². The maximum Gasteiger partial charge on any atom is 0.0267 e. The van der Waals surface area contributed by atoms with Crippen LogP contribution in [0.25, 0.3) is 0 Å². The molecular weight excluding hydrogens is 192 g/mol. The molecule has 0 aliphatic heterocycles. The number of hydrogen-bond donors (Lipinski definition) is 0. The Kier molecular flexibility index (Phi) is 13.2. The fourth-order valence-electron chi connectivity index (χ4n) is 1.58. The van der Waals surface area contributed by atoms with Crippen LogP contribution in [0.5, 0.6) is 0 Å². The Bertz CT molecular complexity index is 215. The first-order valence-electron chi connectivity index (χ1n) is 6.65. The van der Waals surface area contributed by atoms with Gasteiger partial charge in [0.05, 0.1) is 0 Å². The van der Waals surface area contributed by atoms with Crippen molar-refractivity contribution in [3.63, 3.8) is 0 Å². The lowest BCUT2D eigenvalue weighted by atomic mass is 10.1. The summed E-state index contributed by atoms with van der Waals surface area (Å²) in [5.41, 5.74) is 0. The third-order valence-corrected chi connectivity index (χ3v) is 2.57. The first kappa shape index (κ1) is 15.0. The van der Waals surface area contributed by atoms with E-state index in [-0.39, 0.29) is 0 Å². The molecule has 0 aliphatic rings. The molecule has 0 heterocycles. The van der Waals surface area contributed by atoms with Crippen molar-refractivity contribution in [1.82, 2.24) is 0 Å². The molecule has 0 rings (SSSR count). The summed E-state index contributed by atoms with van der Waals surface area (Å²) >= 11 is 0. The second-order valence-corrected chi connectivity index (χ2v) is 4.14. The number of terminal acetylenes is 1. The van der Waals surface area contributed by atoms with E-state index in [2.05, 4.69) is 37.1 Å². The van der Waals surface area contributed by atoms with Crippen molar-refractivity contribution in [2.75, 3.05) is 0 Å². The van der Waals surface area contributed by atoms with Crippen LogP contribution in [0.4, 0.5) is 0 Å². The maximum absolute atomic E-state index is 5.14. The molecule has 0 aromatic rings. The van der Waals surface area contributed by atoms with Crippen LogP contribution in [-0.4, -0.2) is 0 Å². The van der Waals surface area contributed by atoms with Crippen molar-refractivity contribution in [3.05, 3.63) is 24.3 Å². The SMILES string of the molecule is C#CCC=CCC=CCCCCCCCC. The van der Waals surface area contributed by atoms with Gasteiger partial charge in [0.1, 0.15) is 0 Å². The van der Waals surface area contributed by atoms with E-state index in [1.807, 2.05) is 0 Å². The molecule has 0 fully saturated rings. The third kappa shape index (κ3) is 13.0. The van der Waals surface area contributed by atoms with E-state index < -0.39 is 0 Å². The molecule has 0 bridgehead atoms. The Morgan fingerprint density at radius 3 is 2.31 bits per heavy atom. The standard InChI is InChI=1S/C16H26/c1-3-5-7-9-11-13-15-16-14-12-10-8-6-4-2/h1,7,9,13,15H,4-6,8,10-12,14,16H2,2H3. The minimum absolute atomic E-state index is 0.755. The second kappa shape index (κ2) is 14.0. The smallest absolute Gasteiger partial charge is 0.0267 e. The Labute approximate surface area is 102 Å². The van der Waals surface area contributed by atoms with Crippen LogP contribution in [0.3, 0.4) is 0 Å². The molecule has 0 unspecified atom stereocenters. The molecule has 90 valence electrons. The van der Waals surface area contributed by atoms with Gasteiger partial charge >= 0.3 is 0 Å². The quantitative estimate of drug-likeness (QED) is 0.266. The number of unbranched alkanes of at least 4 members (excludes halogenated alkanes) is 6. The van der Waals surface area contributed by atoms with Crippen molar-refractivity contribution in [3.8, 4) is 12.3 Å². The normalized spacial score (nSPS) is 11.2. The lowest BCUT2D eigenvalue weighted by Gasteiger charge is -1.97. The predicted octanol–water partition coefficient (Wildman–Crippen LogP) is 5.26. The summed E-state index contributed by atoms with van der Waals surface area (Å²) < 4.78 is 0. The zero-order valence-electron chi connectivity index (χ0n) is 10.8. The third-order valence-electron chi connectivity index (χ3n) is 2.57. The van der Waals surface area contributed by atoms with Crippen molar-refractivity contribution in [1.29, 1.82) is 0 Å². The average Bonchev–Trinajstić information content (AvgIpc) is 2.31. The van der Waals surface area contributed by atoms with Gasteiger partial charge < -0.3 is 0 Å². The van der Waals surface area contributed by atoms with Gasteiger partial charge in [-0.15, -0.1) is 12.3 Å². The van der Waals surface area contributed by atoms with Gasteiger partial charge in [0.15, 0.2) is 0 Å². The summed E-state index contributed by atoms with van der Waals surface area (Å²) in [5.74, 6) is 2.59. The second-order valence-electron chi connectivity index (χ2n) is 4.14. The molecule has 0 aromatic carbocycles. The van der Waals surface area contributed by atoms with Gasteiger partial charge in [-0.3, -0.25) is 0 Å². The molecule has 0 heteroatoms. The van der Waals surface area contributed by atoms with E-state index in [4.69, 9.17) is 6.42 Å². The highest BCUT2D eigenvalue weighted by Crippen LogP contribution is 2.07. The molecule has 0 nitrogen and oxygen atoms in total. The highest BCUT2D eigenvalue weighted by atomic mass is 13.9. The van der Waals surface area contributed by atoms with Crippen molar-refractivity contribution < 1.29 is 0 Å². The van der Waals surface area contributed by atoms with Gasteiger partial charge in [0, 0.05) is 6.42 Å². The minimum Gasteiger partial charge on any atom is -0.120 e. The molecule has 0 saturated carbocycles. The summed E-state index contributed by atoms with van der Waals surface area (Å²) in [4.78, 5) is 0. The molecule has 0 saturated heterocycles. The summed E-state index contributed by atoms with van der Waals surface area (Å²) in [7, 11) is 0. The van der Waals surface area contributed by atoms with E-state index in [9.17, 15) is 0 Å².